The van der Waals surface area contributed by atoms with Gasteiger partial charge >= 0.3 is 0 Å². The van der Waals surface area contributed by atoms with Gasteiger partial charge in [0.25, 0.3) is 5.91 Å². The van der Waals surface area contributed by atoms with Crippen LogP contribution in [0.15, 0.2) is 35.2 Å². The predicted octanol–water partition coefficient (Wildman–Crippen LogP) is 1.38. The maximum Gasteiger partial charge on any atom is 0.276 e. The van der Waals surface area contributed by atoms with Gasteiger partial charge in [-0.05, 0) is 37.3 Å². The van der Waals surface area contributed by atoms with Crippen LogP contribution in [0.1, 0.15) is 16.2 Å². The lowest BCUT2D eigenvalue weighted by molar-refractivity contribution is 0.102. The summed E-state index contributed by atoms with van der Waals surface area (Å²) in [5, 5.41) is 6.74. The molecule has 1 amide bonds. The minimum absolute atomic E-state index is 0.212. The van der Waals surface area contributed by atoms with E-state index in [0.29, 0.717) is 11.4 Å². The number of aromatic nitrogens is 2. The van der Waals surface area contributed by atoms with E-state index in [1.807, 2.05) is 6.92 Å². The third-order valence-corrected chi connectivity index (χ3v) is 4.02. The Morgan fingerprint density at radius 3 is 2.30 bits per heavy atom. The average Bonchev–Trinajstić information content (AvgIpc) is 2.69. The fraction of sp³-hybridized carbons (Fsp3) is 0.231. The van der Waals surface area contributed by atoms with Crippen molar-refractivity contribution in [2.75, 3.05) is 11.6 Å². The van der Waals surface area contributed by atoms with E-state index in [1.54, 1.807) is 29.9 Å². The summed E-state index contributed by atoms with van der Waals surface area (Å²) in [5.41, 5.74) is 1.71. The number of rotatable bonds is 3. The maximum absolute atomic E-state index is 12.0. The van der Waals surface area contributed by atoms with Crippen LogP contribution < -0.4 is 5.32 Å². The normalized spacial score (nSPS) is 11.3. The Balaban J connectivity index is 2.16. The van der Waals surface area contributed by atoms with E-state index in [4.69, 9.17) is 0 Å². The minimum Gasteiger partial charge on any atom is -0.321 e. The number of carbonyl (C=O) groups is 1. The summed E-state index contributed by atoms with van der Waals surface area (Å²) in [4.78, 5) is 12.2. The van der Waals surface area contributed by atoms with E-state index in [0.717, 1.165) is 11.9 Å². The lowest BCUT2D eigenvalue weighted by Crippen LogP contribution is -2.13. The lowest BCUT2D eigenvalue weighted by atomic mass is 10.3. The minimum atomic E-state index is -3.23. The Kier molecular flexibility index (Phi) is 3.63. The highest BCUT2D eigenvalue weighted by molar-refractivity contribution is 7.90. The van der Waals surface area contributed by atoms with Crippen molar-refractivity contribution in [1.29, 1.82) is 0 Å². The molecule has 0 fully saturated rings. The van der Waals surface area contributed by atoms with Gasteiger partial charge in [-0.3, -0.25) is 9.48 Å². The highest BCUT2D eigenvalue weighted by Gasteiger charge is 2.12. The number of aryl methyl sites for hydroxylation is 2. The van der Waals surface area contributed by atoms with Crippen LogP contribution in [0.25, 0.3) is 0 Å². The van der Waals surface area contributed by atoms with Crippen molar-refractivity contribution in [3.05, 3.63) is 41.7 Å². The standard InChI is InChI=1S/C13H15N3O3S/c1-9-8-12(15-16(9)2)13(17)14-10-4-6-11(7-5-10)20(3,18)19/h4-8H,1-3H3,(H,14,17). The first-order valence-corrected chi connectivity index (χ1v) is 7.78. The van der Waals surface area contributed by atoms with E-state index in [2.05, 4.69) is 10.4 Å². The number of nitrogens with one attached hydrogen (secondary N) is 1. The highest BCUT2D eigenvalue weighted by Crippen LogP contribution is 2.14. The lowest BCUT2D eigenvalue weighted by Gasteiger charge is -2.04. The molecule has 0 saturated heterocycles. The van der Waals surface area contributed by atoms with E-state index >= 15 is 0 Å². The van der Waals surface area contributed by atoms with Crippen molar-refractivity contribution in [3.63, 3.8) is 0 Å². The second-order valence-electron chi connectivity index (χ2n) is 4.55. The summed E-state index contributed by atoms with van der Waals surface area (Å²) in [6, 6.07) is 7.68. The third-order valence-electron chi connectivity index (χ3n) is 2.89. The van der Waals surface area contributed by atoms with Crippen LogP contribution in [0.2, 0.25) is 0 Å². The molecular weight excluding hydrogens is 278 g/mol. The number of sulfone groups is 1. The molecule has 1 aromatic heterocycles. The largest absolute Gasteiger partial charge is 0.321 e. The van der Waals surface area contributed by atoms with Gasteiger partial charge in [0.05, 0.1) is 4.90 Å². The van der Waals surface area contributed by atoms with Crippen LogP contribution in [-0.4, -0.2) is 30.4 Å². The zero-order chi connectivity index (χ0) is 14.9. The molecule has 0 spiro atoms. The first kappa shape index (κ1) is 14.3. The van der Waals surface area contributed by atoms with Crippen LogP contribution in [0.5, 0.6) is 0 Å². The SMILES string of the molecule is Cc1cc(C(=O)Nc2ccc(S(C)(=O)=O)cc2)nn1C. The summed E-state index contributed by atoms with van der Waals surface area (Å²) in [5.74, 6) is -0.333. The number of anilines is 1. The smallest absolute Gasteiger partial charge is 0.276 e. The van der Waals surface area contributed by atoms with Crippen molar-refractivity contribution < 1.29 is 13.2 Å². The van der Waals surface area contributed by atoms with E-state index in [9.17, 15) is 13.2 Å². The van der Waals surface area contributed by atoms with Crippen LogP contribution in [0.3, 0.4) is 0 Å². The summed E-state index contributed by atoms with van der Waals surface area (Å²) in [6.45, 7) is 1.85. The molecule has 0 bridgehead atoms. The zero-order valence-corrected chi connectivity index (χ0v) is 12.2. The highest BCUT2D eigenvalue weighted by atomic mass is 32.2. The second kappa shape index (κ2) is 5.09. The van der Waals surface area contributed by atoms with Crippen molar-refractivity contribution in [1.82, 2.24) is 9.78 Å². The molecule has 1 heterocycles. The van der Waals surface area contributed by atoms with Crippen LogP contribution in [0, 0.1) is 6.92 Å². The first-order chi connectivity index (χ1) is 9.27. The first-order valence-electron chi connectivity index (χ1n) is 5.89. The molecule has 0 aliphatic heterocycles. The van der Waals surface area contributed by atoms with Crippen molar-refractivity contribution in [3.8, 4) is 0 Å². The number of hydrogen-bond acceptors (Lipinski definition) is 4. The Labute approximate surface area is 117 Å². The van der Waals surface area contributed by atoms with Crippen molar-refractivity contribution in [2.24, 2.45) is 7.05 Å². The molecule has 2 rings (SSSR count). The van der Waals surface area contributed by atoms with Crippen molar-refractivity contribution in [2.45, 2.75) is 11.8 Å². The number of benzene rings is 1. The van der Waals surface area contributed by atoms with Crippen LogP contribution in [0.4, 0.5) is 5.69 Å². The van der Waals surface area contributed by atoms with E-state index < -0.39 is 9.84 Å². The Bertz CT molecular complexity index is 726. The summed E-state index contributed by atoms with van der Waals surface area (Å²) in [6.07, 6.45) is 1.14. The number of carbonyl (C=O) groups excluding carboxylic acids is 1. The molecule has 1 aromatic carbocycles. The molecule has 106 valence electrons. The third kappa shape index (κ3) is 3.05. The summed E-state index contributed by atoms with van der Waals surface area (Å²) in [7, 11) is -1.47. The Morgan fingerprint density at radius 2 is 1.85 bits per heavy atom. The van der Waals surface area contributed by atoms with Gasteiger partial charge < -0.3 is 5.32 Å². The van der Waals surface area contributed by atoms with Gasteiger partial charge in [0.15, 0.2) is 15.5 Å². The summed E-state index contributed by atoms with van der Waals surface area (Å²) < 4.78 is 24.3. The number of hydrogen-bond donors (Lipinski definition) is 1. The fourth-order valence-electron chi connectivity index (χ4n) is 1.65. The molecule has 7 heteroatoms. The van der Waals surface area contributed by atoms with Gasteiger partial charge in [0.2, 0.25) is 0 Å². The van der Waals surface area contributed by atoms with Gasteiger partial charge in [0, 0.05) is 24.7 Å². The van der Waals surface area contributed by atoms with Gasteiger partial charge in [-0.2, -0.15) is 5.10 Å². The van der Waals surface area contributed by atoms with E-state index in [-0.39, 0.29) is 10.8 Å². The monoisotopic (exact) mass is 293 g/mol. The van der Waals surface area contributed by atoms with Gasteiger partial charge in [-0.15, -0.1) is 0 Å². The molecule has 6 nitrogen and oxygen atoms in total. The van der Waals surface area contributed by atoms with Crippen LogP contribution >= 0.6 is 0 Å². The number of amides is 1. The molecule has 0 atom stereocenters. The summed E-state index contributed by atoms with van der Waals surface area (Å²) >= 11 is 0. The topological polar surface area (TPSA) is 81.1 Å². The maximum atomic E-state index is 12.0. The Morgan fingerprint density at radius 1 is 1.25 bits per heavy atom. The Hall–Kier alpha value is -2.15. The molecule has 0 aliphatic carbocycles. The molecule has 20 heavy (non-hydrogen) atoms. The average molecular weight is 293 g/mol. The van der Waals surface area contributed by atoms with E-state index in [1.165, 1.54) is 12.1 Å². The quantitative estimate of drug-likeness (QED) is 0.927. The van der Waals surface area contributed by atoms with Crippen LogP contribution in [-0.2, 0) is 16.9 Å². The van der Waals surface area contributed by atoms with Gasteiger partial charge in [0.1, 0.15) is 0 Å². The van der Waals surface area contributed by atoms with Gasteiger partial charge in [-0.1, -0.05) is 0 Å². The molecule has 0 aliphatic rings. The molecule has 2 aromatic rings. The molecule has 0 radical (unpaired) electrons. The molecule has 1 N–H and O–H groups in total. The number of nitrogens with zero attached hydrogens (tertiary/aromatic N) is 2. The molecular formula is C13H15N3O3S. The van der Waals surface area contributed by atoms with Crippen molar-refractivity contribution >= 4 is 21.4 Å². The molecule has 0 saturated carbocycles. The predicted molar refractivity (Wildman–Crippen MR) is 75.5 cm³/mol. The second-order valence-corrected chi connectivity index (χ2v) is 6.56. The fourth-order valence-corrected chi connectivity index (χ4v) is 2.28. The zero-order valence-electron chi connectivity index (χ0n) is 11.4. The van der Waals surface area contributed by atoms with Gasteiger partial charge in [-0.25, -0.2) is 8.42 Å². The molecule has 0 unspecified atom stereocenters.